The molecule has 2 aromatic rings. The van der Waals surface area contributed by atoms with Crippen LogP contribution in [-0.2, 0) is 16.2 Å². The molecule has 0 heterocycles. The summed E-state index contributed by atoms with van der Waals surface area (Å²) in [6, 6.07) is 10.2. The van der Waals surface area contributed by atoms with Gasteiger partial charge in [0.15, 0.2) is 0 Å². The summed E-state index contributed by atoms with van der Waals surface area (Å²) in [5, 5.41) is 24.6. The van der Waals surface area contributed by atoms with Crippen molar-refractivity contribution in [3.05, 3.63) is 77.4 Å². The van der Waals surface area contributed by atoms with Crippen LogP contribution in [0, 0.1) is 5.41 Å². The fourth-order valence-electron chi connectivity index (χ4n) is 3.15. The zero-order valence-corrected chi connectivity index (χ0v) is 15.8. The minimum Gasteiger partial charge on any atom is -0.395 e. The highest BCUT2D eigenvalue weighted by atomic mass is 32.2. The maximum Gasteiger partial charge on any atom is 0.416 e. The van der Waals surface area contributed by atoms with Gasteiger partial charge in [0, 0.05) is 0 Å². The van der Waals surface area contributed by atoms with E-state index in [1.54, 1.807) is 12.2 Å². The van der Waals surface area contributed by atoms with Crippen molar-refractivity contribution in [1.82, 2.24) is 0 Å². The minimum absolute atomic E-state index is 0.0875. The lowest BCUT2D eigenvalue weighted by atomic mass is 9.91. The standard InChI is InChI=1S/C20H18F3NO4S/c21-20(22,23)15-5-1-13(2-6-15)17-9-19(11-25,12-26)10-18(17)14-3-7-16(8-4-14)29(24,27)28/h1-10,25-26H,11-12H2,(H2,24,27,28). The van der Waals surface area contributed by atoms with Crippen LogP contribution >= 0.6 is 0 Å². The molecule has 0 aromatic heterocycles. The van der Waals surface area contributed by atoms with Crippen molar-refractivity contribution in [1.29, 1.82) is 0 Å². The second kappa shape index (κ2) is 7.42. The van der Waals surface area contributed by atoms with Crippen LogP contribution in [0.4, 0.5) is 13.2 Å². The molecule has 0 amide bonds. The summed E-state index contributed by atoms with van der Waals surface area (Å²) in [6.45, 7) is -0.821. The van der Waals surface area contributed by atoms with Crippen molar-refractivity contribution in [3.8, 4) is 0 Å². The third-order valence-corrected chi connectivity index (χ3v) is 5.69. The number of primary sulfonamides is 1. The quantitative estimate of drug-likeness (QED) is 0.686. The number of alkyl halides is 3. The summed E-state index contributed by atoms with van der Waals surface area (Å²) in [5.74, 6) is 0. The molecule has 1 aliphatic carbocycles. The Labute approximate surface area is 165 Å². The molecule has 4 N–H and O–H groups in total. The van der Waals surface area contributed by atoms with Crippen LogP contribution in [-0.4, -0.2) is 31.8 Å². The number of allylic oxidation sites excluding steroid dienone is 2. The predicted octanol–water partition coefficient (Wildman–Crippen LogP) is 2.80. The lowest BCUT2D eigenvalue weighted by molar-refractivity contribution is -0.137. The minimum atomic E-state index is -4.47. The topological polar surface area (TPSA) is 101 Å². The number of aliphatic hydroxyl groups is 2. The predicted molar refractivity (Wildman–Crippen MR) is 102 cm³/mol. The number of hydrogen-bond acceptors (Lipinski definition) is 4. The van der Waals surface area contributed by atoms with E-state index in [-0.39, 0.29) is 4.90 Å². The first-order valence-electron chi connectivity index (χ1n) is 8.48. The largest absolute Gasteiger partial charge is 0.416 e. The molecule has 0 unspecified atom stereocenters. The van der Waals surface area contributed by atoms with Gasteiger partial charge in [0.2, 0.25) is 10.0 Å². The van der Waals surface area contributed by atoms with Crippen molar-refractivity contribution in [3.63, 3.8) is 0 Å². The van der Waals surface area contributed by atoms with E-state index in [1.807, 2.05) is 0 Å². The van der Waals surface area contributed by atoms with Gasteiger partial charge >= 0.3 is 6.18 Å². The van der Waals surface area contributed by atoms with E-state index < -0.39 is 40.4 Å². The Kier molecular flexibility index (Phi) is 5.44. The molecule has 0 saturated heterocycles. The normalized spacial score (nSPS) is 16.5. The zero-order chi connectivity index (χ0) is 21.4. The Balaban J connectivity index is 2.08. The second-order valence-corrected chi connectivity index (χ2v) is 8.37. The van der Waals surface area contributed by atoms with E-state index in [0.29, 0.717) is 22.3 Å². The highest BCUT2D eigenvalue weighted by Gasteiger charge is 2.34. The van der Waals surface area contributed by atoms with Gasteiger partial charge in [-0.15, -0.1) is 0 Å². The summed E-state index contributed by atoms with van der Waals surface area (Å²) in [5.41, 5.74) is 0.208. The van der Waals surface area contributed by atoms with Gasteiger partial charge in [0.1, 0.15) is 0 Å². The molecular weight excluding hydrogens is 407 g/mol. The van der Waals surface area contributed by atoms with E-state index in [9.17, 15) is 31.8 Å². The summed E-state index contributed by atoms with van der Waals surface area (Å²) < 4.78 is 61.5. The highest BCUT2D eigenvalue weighted by molar-refractivity contribution is 7.89. The maximum atomic E-state index is 12.9. The summed E-state index contributed by atoms with van der Waals surface area (Å²) in [6.07, 6.45) is -1.25. The van der Waals surface area contributed by atoms with Crippen molar-refractivity contribution in [2.24, 2.45) is 10.6 Å². The van der Waals surface area contributed by atoms with E-state index in [1.165, 1.54) is 36.4 Å². The van der Waals surface area contributed by atoms with Gasteiger partial charge < -0.3 is 10.2 Å². The Morgan fingerprint density at radius 1 is 0.828 bits per heavy atom. The molecule has 0 bridgehead atoms. The molecule has 0 atom stereocenters. The lowest BCUT2D eigenvalue weighted by Gasteiger charge is -2.18. The van der Waals surface area contributed by atoms with Gasteiger partial charge in [0.05, 0.1) is 29.1 Å². The van der Waals surface area contributed by atoms with Crippen LogP contribution in [0.2, 0.25) is 0 Å². The number of benzene rings is 2. The number of rotatable bonds is 5. The Bertz CT molecular complexity index is 1070. The Morgan fingerprint density at radius 2 is 1.24 bits per heavy atom. The molecule has 0 fully saturated rings. The maximum absolute atomic E-state index is 12.9. The van der Waals surface area contributed by atoms with Gasteiger partial charge in [-0.1, -0.05) is 36.4 Å². The SMILES string of the molecule is NS(=O)(=O)c1ccc(C2=CC(CO)(CO)C=C2c2ccc(C(F)(F)F)cc2)cc1. The first-order chi connectivity index (χ1) is 13.5. The fraction of sp³-hybridized carbons (Fsp3) is 0.200. The van der Waals surface area contributed by atoms with E-state index in [4.69, 9.17) is 5.14 Å². The molecule has 0 radical (unpaired) electrons. The Morgan fingerprint density at radius 3 is 1.59 bits per heavy atom. The number of hydrogen-bond donors (Lipinski definition) is 3. The number of aliphatic hydroxyl groups excluding tert-OH is 2. The van der Waals surface area contributed by atoms with Crippen molar-refractivity contribution in [2.45, 2.75) is 11.1 Å². The number of sulfonamides is 1. The van der Waals surface area contributed by atoms with Gasteiger partial charge in [-0.3, -0.25) is 0 Å². The van der Waals surface area contributed by atoms with Crippen LogP contribution in [0.25, 0.3) is 11.1 Å². The van der Waals surface area contributed by atoms with Gasteiger partial charge in [0.25, 0.3) is 0 Å². The van der Waals surface area contributed by atoms with Gasteiger partial charge in [-0.2, -0.15) is 13.2 Å². The monoisotopic (exact) mass is 425 g/mol. The van der Waals surface area contributed by atoms with Crippen molar-refractivity contribution < 1.29 is 31.8 Å². The second-order valence-electron chi connectivity index (χ2n) is 6.81. The molecule has 3 rings (SSSR count). The Hall–Kier alpha value is -2.46. The molecule has 154 valence electrons. The summed E-state index contributed by atoms with van der Waals surface area (Å²) >= 11 is 0. The average molecular weight is 425 g/mol. The summed E-state index contributed by atoms with van der Waals surface area (Å²) in [7, 11) is -3.88. The first-order valence-corrected chi connectivity index (χ1v) is 10.0. The zero-order valence-electron chi connectivity index (χ0n) is 15.0. The molecule has 1 aliphatic rings. The van der Waals surface area contributed by atoms with Gasteiger partial charge in [-0.05, 0) is 46.5 Å². The van der Waals surface area contributed by atoms with Crippen molar-refractivity contribution >= 4 is 21.2 Å². The smallest absolute Gasteiger partial charge is 0.395 e. The number of halogens is 3. The summed E-state index contributed by atoms with van der Waals surface area (Å²) in [4.78, 5) is -0.0875. The molecule has 0 spiro atoms. The molecule has 5 nitrogen and oxygen atoms in total. The van der Waals surface area contributed by atoms with Crippen LogP contribution in [0.15, 0.2) is 65.6 Å². The lowest BCUT2D eigenvalue weighted by Crippen LogP contribution is -2.23. The van der Waals surface area contributed by atoms with Gasteiger partial charge in [-0.25, -0.2) is 13.6 Å². The van der Waals surface area contributed by atoms with E-state index in [2.05, 4.69) is 0 Å². The molecule has 0 aliphatic heterocycles. The van der Waals surface area contributed by atoms with Crippen LogP contribution in [0.3, 0.4) is 0 Å². The van der Waals surface area contributed by atoms with E-state index in [0.717, 1.165) is 12.1 Å². The number of nitrogens with two attached hydrogens (primary N) is 1. The van der Waals surface area contributed by atoms with E-state index >= 15 is 0 Å². The molecule has 0 saturated carbocycles. The molecule has 2 aromatic carbocycles. The van der Waals surface area contributed by atoms with Crippen LogP contribution in [0.1, 0.15) is 16.7 Å². The molecular formula is C20H18F3NO4S. The highest BCUT2D eigenvalue weighted by Crippen LogP contribution is 2.44. The molecule has 9 heteroatoms. The van der Waals surface area contributed by atoms with Crippen LogP contribution < -0.4 is 5.14 Å². The fourth-order valence-corrected chi connectivity index (χ4v) is 3.66. The third kappa shape index (κ3) is 4.27. The third-order valence-electron chi connectivity index (χ3n) is 4.76. The van der Waals surface area contributed by atoms with Crippen LogP contribution in [0.5, 0.6) is 0 Å². The molecule has 29 heavy (non-hydrogen) atoms. The first kappa shape index (κ1) is 21.3. The van der Waals surface area contributed by atoms with Crippen molar-refractivity contribution in [2.75, 3.05) is 13.2 Å². The average Bonchev–Trinajstić information content (AvgIpc) is 3.07.